The Kier molecular flexibility index (Phi) is 3.38. The number of halogens is 1. The molecule has 1 aromatic carbocycles. The molecule has 0 aliphatic heterocycles. The van der Waals surface area contributed by atoms with Gasteiger partial charge >= 0.3 is 0 Å². The molecule has 0 amide bonds. The summed E-state index contributed by atoms with van der Waals surface area (Å²) < 4.78 is 12.8. The average Bonchev–Trinajstić information content (AvgIpc) is 2.15. The molecule has 0 fully saturated rings. The second-order valence-corrected chi connectivity index (χ2v) is 3.24. The van der Waals surface area contributed by atoms with Gasteiger partial charge in [-0.25, -0.2) is 4.39 Å². The number of nitro groups is 1. The van der Waals surface area contributed by atoms with Crippen LogP contribution in [0.2, 0.25) is 0 Å². The van der Waals surface area contributed by atoms with E-state index in [9.17, 15) is 14.5 Å². The van der Waals surface area contributed by atoms with Gasteiger partial charge in [0.2, 0.25) is 0 Å². The molecule has 4 nitrogen and oxygen atoms in total. The Morgan fingerprint density at radius 1 is 1.47 bits per heavy atom. The molecule has 15 heavy (non-hydrogen) atoms. The Morgan fingerprint density at radius 3 is 2.67 bits per heavy atom. The van der Waals surface area contributed by atoms with Gasteiger partial charge in [-0.05, 0) is 24.4 Å². The van der Waals surface area contributed by atoms with Gasteiger partial charge in [0.05, 0.1) is 16.6 Å². The van der Waals surface area contributed by atoms with Crippen LogP contribution in [0.5, 0.6) is 0 Å². The lowest BCUT2D eigenvalue weighted by Crippen LogP contribution is -2.00. The fourth-order valence-electron chi connectivity index (χ4n) is 1.05. The van der Waals surface area contributed by atoms with Gasteiger partial charge in [0, 0.05) is 14.1 Å². The van der Waals surface area contributed by atoms with Crippen LogP contribution in [0.25, 0.3) is 6.08 Å². The van der Waals surface area contributed by atoms with Crippen LogP contribution in [0.15, 0.2) is 24.4 Å². The third-order valence-corrected chi connectivity index (χ3v) is 1.74. The van der Waals surface area contributed by atoms with Gasteiger partial charge in [-0.2, -0.15) is 0 Å². The van der Waals surface area contributed by atoms with E-state index in [1.165, 1.54) is 12.1 Å². The Bertz CT molecular complexity index is 402. The van der Waals surface area contributed by atoms with Crippen molar-refractivity contribution in [2.24, 2.45) is 0 Å². The maximum atomic E-state index is 12.8. The normalized spacial score (nSPS) is 10.6. The largest absolute Gasteiger partial charge is 0.383 e. The van der Waals surface area contributed by atoms with E-state index < -0.39 is 10.7 Å². The van der Waals surface area contributed by atoms with E-state index in [0.29, 0.717) is 5.56 Å². The molecule has 0 spiro atoms. The van der Waals surface area contributed by atoms with Crippen LogP contribution in [-0.2, 0) is 0 Å². The predicted molar refractivity (Wildman–Crippen MR) is 55.8 cm³/mol. The van der Waals surface area contributed by atoms with E-state index in [2.05, 4.69) is 0 Å². The maximum Gasteiger partial charge on any atom is 0.279 e. The van der Waals surface area contributed by atoms with Crippen molar-refractivity contribution in [3.8, 4) is 0 Å². The highest BCUT2D eigenvalue weighted by atomic mass is 19.1. The smallest absolute Gasteiger partial charge is 0.279 e. The zero-order chi connectivity index (χ0) is 11.4. The minimum atomic E-state index is -0.608. The molecular formula is C10H11FN2O2. The molecule has 1 aromatic rings. The second kappa shape index (κ2) is 4.54. The fraction of sp³-hybridized carbons (Fsp3) is 0.200. The molecule has 0 saturated heterocycles. The number of rotatable bonds is 3. The van der Waals surface area contributed by atoms with E-state index >= 15 is 0 Å². The summed E-state index contributed by atoms with van der Waals surface area (Å²) in [6.45, 7) is 0. The average molecular weight is 210 g/mol. The zero-order valence-corrected chi connectivity index (χ0v) is 8.48. The van der Waals surface area contributed by atoms with E-state index in [-0.39, 0.29) is 5.69 Å². The first-order chi connectivity index (χ1) is 7.00. The summed E-state index contributed by atoms with van der Waals surface area (Å²) in [6.07, 6.45) is 3.23. The number of nitro benzene ring substituents is 1. The summed E-state index contributed by atoms with van der Waals surface area (Å²) in [6, 6.07) is 3.49. The first kappa shape index (κ1) is 11.2. The highest BCUT2D eigenvalue weighted by molar-refractivity contribution is 5.60. The first-order valence-corrected chi connectivity index (χ1v) is 4.29. The Hall–Kier alpha value is -1.91. The summed E-state index contributed by atoms with van der Waals surface area (Å²) >= 11 is 0. The van der Waals surface area contributed by atoms with E-state index in [4.69, 9.17) is 0 Å². The van der Waals surface area contributed by atoms with Gasteiger partial charge in [0.15, 0.2) is 0 Å². The van der Waals surface area contributed by atoms with Crippen LogP contribution >= 0.6 is 0 Å². The van der Waals surface area contributed by atoms with E-state index in [1.807, 2.05) is 0 Å². The molecule has 0 aromatic heterocycles. The Morgan fingerprint density at radius 2 is 2.13 bits per heavy atom. The fourth-order valence-corrected chi connectivity index (χ4v) is 1.05. The van der Waals surface area contributed by atoms with Crippen LogP contribution in [-0.4, -0.2) is 23.9 Å². The third-order valence-electron chi connectivity index (χ3n) is 1.74. The SMILES string of the molecule is CN(C)/C=C/c1ccc(F)cc1[N+](=O)[O-]. The summed E-state index contributed by atoms with van der Waals surface area (Å²) in [7, 11) is 3.59. The third kappa shape index (κ3) is 3.05. The number of hydrogen-bond donors (Lipinski definition) is 0. The van der Waals surface area contributed by atoms with Crippen molar-refractivity contribution in [2.75, 3.05) is 14.1 Å². The standard InChI is InChI=1S/C10H11FN2O2/c1-12(2)6-5-8-3-4-9(11)7-10(8)13(14)15/h3-7H,1-2H3/b6-5+. The van der Waals surface area contributed by atoms with Gasteiger partial charge in [-0.1, -0.05) is 0 Å². The molecule has 80 valence electrons. The van der Waals surface area contributed by atoms with Crippen molar-refractivity contribution < 1.29 is 9.31 Å². The maximum absolute atomic E-state index is 12.8. The van der Waals surface area contributed by atoms with Gasteiger partial charge in [0.25, 0.3) is 5.69 Å². The molecule has 5 heteroatoms. The van der Waals surface area contributed by atoms with Crippen molar-refractivity contribution in [3.05, 3.63) is 45.9 Å². The van der Waals surface area contributed by atoms with Crippen LogP contribution in [0.4, 0.5) is 10.1 Å². The van der Waals surface area contributed by atoms with Crippen LogP contribution in [0.1, 0.15) is 5.56 Å². The molecule has 0 N–H and O–H groups in total. The molecule has 0 atom stereocenters. The Labute approximate surface area is 86.8 Å². The summed E-state index contributed by atoms with van der Waals surface area (Å²) in [5.74, 6) is -0.608. The number of hydrogen-bond acceptors (Lipinski definition) is 3. The van der Waals surface area contributed by atoms with Crippen molar-refractivity contribution in [1.82, 2.24) is 4.90 Å². The Balaban J connectivity index is 3.12. The van der Waals surface area contributed by atoms with Crippen molar-refractivity contribution in [1.29, 1.82) is 0 Å². The van der Waals surface area contributed by atoms with Gasteiger partial charge in [-0.15, -0.1) is 0 Å². The van der Waals surface area contributed by atoms with Crippen molar-refractivity contribution >= 4 is 11.8 Å². The monoisotopic (exact) mass is 210 g/mol. The highest BCUT2D eigenvalue weighted by Crippen LogP contribution is 2.20. The summed E-state index contributed by atoms with van der Waals surface area (Å²) in [4.78, 5) is 11.8. The lowest BCUT2D eigenvalue weighted by Gasteiger charge is -2.03. The van der Waals surface area contributed by atoms with Crippen molar-refractivity contribution in [2.45, 2.75) is 0 Å². The topological polar surface area (TPSA) is 46.4 Å². The summed E-state index contributed by atoms with van der Waals surface area (Å²) in [5, 5.41) is 10.6. The van der Waals surface area contributed by atoms with Crippen LogP contribution < -0.4 is 0 Å². The number of nitrogens with zero attached hydrogens (tertiary/aromatic N) is 2. The molecule has 0 aliphatic rings. The van der Waals surface area contributed by atoms with E-state index in [0.717, 1.165) is 6.07 Å². The molecule has 0 bridgehead atoms. The van der Waals surface area contributed by atoms with Gasteiger partial charge in [0.1, 0.15) is 5.82 Å². The molecular weight excluding hydrogens is 199 g/mol. The predicted octanol–water partition coefficient (Wildman–Crippen LogP) is 2.27. The first-order valence-electron chi connectivity index (χ1n) is 4.29. The molecule has 0 aliphatic carbocycles. The van der Waals surface area contributed by atoms with Gasteiger partial charge in [-0.3, -0.25) is 10.1 Å². The highest BCUT2D eigenvalue weighted by Gasteiger charge is 2.12. The van der Waals surface area contributed by atoms with Crippen LogP contribution in [0.3, 0.4) is 0 Å². The summed E-state index contributed by atoms with van der Waals surface area (Å²) in [5.41, 5.74) is 0.156. The quantitative estimate of drug-likeness (QED) is 0.568. The second-order valence-electron chi connectivity index (χ2n) is 3.24. The minimum absolute atomic E-state index is 0.229. The minimum Gasteiger partial charge on any atom is -0.383 e. The molecule has 0 heterocycles. The van der Waals surface area contributed by atoms with Crippen LogP contribution in [0, 0.1) is 15.9 Å². The zero-order valence-electron chi connectivity index (χ0n) is 8.48. The lowest BCUT2D eigenvalue weighted by atomic mass is 10.1. The van der Waals surface area contributed by atoms with E-state index in [1.54, 1.807) is 31.3 Å². The van der Waals surface area contributed by atoms with Gasteiger partial charge < -0.3 is 4.90 Å². The molecule has 0 saturated carbocycles. The van der Waals surface area contributed by atoms with Crippen molar-refractivity contribution in [3.63, 3.8) is 0 Å². The molecule has 0 radical (unpaired) electrons. The molecule has 0 unspecified atom stereocenters. The number of benzene rings is 1. The lowest BCUT2D eigenvalue weighted by molar-refractivity contribution is -0.385. The molecule has 1 rings (SSSR count).